The third kappa shape index (κ3) is 3.04. The fourth-order valence-electron chi connectivity index (χ4n) is 2.54. The number of amides is 1. The van der Waals surface area contributed by atoms with Crippen molar-refractivity contribution in [2.75, 3.05) is 13.1 Å². The molecule has 0 aliphatic carbocycles. The van der Waals surface area contributed by atoms with Gasteiger partial charge in [0, 0.05) is 24.7 Å². The predicted molar refractivity (Wildman–Crippen MR) is 86.7 cm³/mol. The van der Waals surface area contributed by atoms with Gasteiger partial charge in [-0.05, 0) is 25.0 Å². The minimum atomic E-state index is -0.404. The number of carbonyl (C=O) groups excluding carboxylic acids is 1. The highest BCUT2D eigenvalue weighted by molar-refractivity contribution is 7.16. The summed E-state index contributed by atoms with van der Waals surface area (Å²) in [5, 5.41) is 10.4. The number of benzene rings is 1. The Morgan fingerprint density at radius 2 is 2.36 bits per heavy atom. The number of rotatable bonds is 3. The van der Waals surface area contributed by atoms with E-state index in [0.29, 0.717) is 24.4 Å². The summed E-state index contributed by atoms with van der Waals surface area (Å²) in [5.41, 5.74) is 7.93. The molecule has 1 aromatic heterocycles. The summed E-state index contributed by atoms with van der Waals surface area (Å²) < 4.78 is 0. The zero-order chi connectivity index (χ0) is 15.7. The molecule has 0 spiro atoms. The molecule has 3 rings (SSSR count). The summed E-state index contributed by atoms with van der Waals surface area (Å²) in [6.07, 6.45) is 1.86. The van der Waals surface area contributed by atoms with Crippen LogP contribution in [-0.4, -0.2) is 40.1 Å². The zero-order valence-electron chi connectivity index (χ0n) is 12.4. The summed E-state index contributed by atoms with van der Waals surface area (Å²) in [7, 11) is 0. The molecular formula is C16H19N3O2S. The SMILES string of the molecule is C[C@@H](N)c1cccc(-c2ncc(C(=O)N3CC[C@H](O)C3)s2)c1. The van der Waals surface area contributed by atoms with Crippen LogP contribution in [0.1, 0.15) is 34.6 Å². The second-order valence-corrected chi connectivity index (χ2v) is 6.67. The van der Waals surface area contributed by atoms with Crippen LogP contribution in [0.25, 0.3) is 10.6 Å². The van der Waals surface area contributed by atoms with Crippen LogP contribution in [0.5, 0.6) is 0 Å². The first-order valence-corrected chi connectivity index (χ1v) is 8.15. The number of aliphatic hydroxyl groups is 1. The number of β-amino-alcohol motifs (C(OH)–C–C–N with tert-alkyl or cyclic N) is 1. The number of hydrogen-bond donors (Lipinski definition) is 2. The van der Waals surface area contributed by atoms with Crippen LogP contribution in [-0.2, 0) is 0 Å². The van der Waals surface area contributed by atoms with Crippen molar-refractivity contribution in [3.63, 3.8) is 0 Å². The molecule has 1 aliphatic heterocycles. The molecule has 2 aromatic rings. The molecule has 1 saturated heterocycles. The number of carbonyl (C=O) groups is 1. The Labute approximate surface area is 133 Å². The minimum absolute atomic E-state index is 0.0351. The van der Waals surface area contributed by atoms with Gasteiger partial charge in [-0.3, -0.25) is 4.79 Å². The molecule has 1 aliphatic rings. The maximum Gasteiger partial charge on any atom is 0.265 e. The molecule has 22 heavy (non-hydrogen) atoms. The quantitative estimate of drug-likeness (QED) is 0.908. The van der Waals surface area contributed by atoms with E-state index in [9.17, 15) is 9.90 Å². The Morgan fingerprint density at radius 1 is 1.55 bits per heavy atom. The van der Waals surface area contributed by atoms with Crippen LogP contribution >= 0.6 is 11.3 Å². The van der Waals surface area contributed by atoms with E-state index in [0.717, 1.165) is 16.1 Å². The van der Waals surface area contributed by atoms with Gasteiger partial charge in [0.1, 0.15) is 9.88 Å². The van der Waals surface area contributed by atoms with Gasteiger partial charge >= 0.3 is 0 Å². The third-order valence-corrected chi connectivity index (χ3v) is 4.86. The normalized spacial score (nSPS) is 19.4. The van der Waals surface area contributed by atoms with Gasteiger partial charge in [-0.15, -0.1) is 11.3 Å². The summed E-state index contributed by atoms with van der Waals surface area (Å²) in [6.45, 7) is 2.95. The molecule has 0 saturated carbocycles. The lowest BCUT2D eigenvalue weighted by Crippen LogP contribution is -2.28. The molecule has 2 heterocycles. The molecule has 0 unspecified atom stereocenters. The van der Waals surface area contributed by atoms with Crippen LogP contribution < -0.4 is 5.73 Å². The number of aliphatic hydroxyl groups excluding tert-OH is 1. The van der Waals surface area contributed by atoms with Gasteiger partial charge in [0.15, 0.2) is 0 Å². The number of thiazole rings is 1. The van der Waals surface area contributed by atoms with Crippen molar-refractivity contribution in [2.24, 2.45) is 5.73 Å². The van der Waals surface area contributed by atoms with Crippen molar-refractivity contribution in [3.8, 4) is 10.6 Å². The molecule has 1 amide bonds. The van der Waals surface area contributed by atoms with Gasteiger partial charge in [0.05, 0.1) is 12.3 Å². The van der Waals surface area contributed by atoms with Crippen molar-refractivity contribution < 1.29 is 9.90 Å². The Hall–Kier alpha value is -1.76. The first kappa shape index (κ1) is 15.1. The summed E-state index contributed by atoms with van der Waals surface area (Å²) in [6, 6.07) is 7.88. The maximum absolute atomic E-state index is 12.4. The maximum atomic E-state index is 12.4. The smallest absolute Gasteiger partial charge is 0.265 e. The van der Waals surface area contributed by atoms with Crippen LogP contribution in [0.3, 0.4) is 0 Å². The number of likely N-dealkylation sites (tertiary alicyclic amines) is 1. The summed E-state index contributed by atoms with van der Waals surface area (Å²) in [4.78, 5) is 19.0. The van der Waals surface area contributed by atoms with E-state index in [1.54, 1.807) is 11.1 Å². The van der Waals surface area contributed by atoms with Gasteiger partial charge in [-0.1, -0.05) is 18.2 Å². The van der Waals surface area contributed by atoms with Crippen molar-refractivity contribution in [1.82, 2.24) is 9.88 Å². The van der Waals surface area contributed by atoms with Gasteiger partial charge in [0.2, 0.25) is 0 Å². The van der Waals surface area contributed by atoms with E-state index in [1.165, 1.54) is 11.3 Å². The van der Waals surface area contributed by atoms with Crippen molar-refractivity contribution >= 4 is 17.2 Å². The molecule has 1 aromatic carbocycles. The van der Waals surface area contributed by atoms with Crippen LogP contribution in [0.15, 0.2) is 30.5 Å². The highest BCUT2D eigenvalue weighted by Crippen LogP contribution is 2.28. The Bertz CT molecular complexity index is 684. The lowest BCUT2D eigenvalue weighted by molar-refractivity contribution is 0.0769. The molecule has 2 atom stereocenters. The molecule has 5 nitrogen and oxygen atoms in total. The van der Waals surface area contributed by atoms with E-state index in [4.69, 9.17) is 5.73 Å². The average molecular weight is 317 g/mol. The second kappa shape index (κ2) is 6.16. The van der Waals surface area contributed by atoms with Gasteiger partial charge in [-0.25, -0.2) is 4.98 Å². The van der Waals surface area contributed by atoms with E-state index < -0.39 is 6.10 Å². The largest absolute Gasteiger partial charge is 0.391 e. The molecule has 6 heteroatoms. The summed E-state index contributed by atoms with van der Waals surface area (Å²) in [5.74, 6) is -0.0522. The molecule has 0 bridgehead atoms. The van der Waals surface area contributed by atoms with E-state index in [1.807, 2.05) is 31.2 Å². The van der Waals surface area contributed by atoms with E-state index >= 15 is 0 Å². The Kier molecular flexibility index (Phi) is 4.24. The number of aromatic nitrogens is 1. The second-order valence-electron chi connectivity index (χ2n) is 5.64. The predicted octanol–water partition coefficient (Wildman–Crippen LogP) is 2.04. The van der Waals surface area contributed by atoms with Crippen molar-refractivity contribution in [1.29, 1.82) is 0 Å². The first-order chi connectivity index (χ1) is 10.5. The van der Waals surface area contributed by atoms with Crippen LogP contribution in [0.2, 0.25) is 0 Å². The molecule has 116 valence electrons. The lowest BCUT2D eigenvalue weighted by Gasteiger charge is -2.13. The standard InChI is InChI=1S/C16H19N3O2S/c1-10(17)11-3-2-4-12(7-11)15-18-8-14(22-15)16(21)19-6-5-13(20)9-19/h2-4,7-8,10,13,20H,5-6,9,17H2,1H3/t10-,13+/m1/s1. The monoisotopic (exact) mass is 317 g/mol. The van der Waals surface area contributed by atoms with Crippen molar-refractivity contribution in [2.45, 2.75) is 25.5 Å². The van der Waals surface area contributed by atoms with Gasteiger partial charge < -0.3 is 15.7 Å². The van der Waals surface area contributed by atoms with Crippen LogP contribution in [0, 0.1) is 0 Å². The molecular weight excluding hydrogens is 298 g/mol. The third-order valence-electron chi connectivity index (χ3n) is 3.83. The zero-order valence-corrected chi connectivity index (χ0v) is 13.2. The fraction of sp³-hybridized carbons (Fsp3) is 0.375. The lowest BCUT2D eigenvalue weighted by atomic mass is 10.1. The number of nitrogens with zero attached hydrogens (tertiary/aromatic N) is 2. The average Bonchev–Trinajstić information content (AvgIpc) is 3.15. The van der Waals surface area contributed by atoms with E-state index in [2.05, 4.69) is 4.98 Å². The topological polar surface area (TPSA) is 79.5 Å². The minimum Gasteiger partial charge on any atom is -0.391 e. The molecule has 1 fully saturated rings. The van der Waals surface area contributed by atoms with Gasteiger partial charge in [-0.2, -0.15) is 0 Å². The molecule has 3 N–H and O–H groups in total. The summed E-state index contributed by atoms with van der Waals surface area (Å²) >= 11 is 1.38. The van der Waals surface area contributed by atoms with E-state index in [-0.39, 0.29) is 11.9 Å². The van der Waals surface area contributed by atoms with Crippen molar-refractivity contribution in [3.05, 3.63) is 40.9 Å². The number of hydrogen-bond acceptors (Lipinski definition) is 5. The Morgan fingerprint density at radius 3 is 3.05 bits per heavy atom. The first-order valence-electron chi connectivity index (χ1n) is 7.33. The number of nitrogens with two attached hydrogens (primary N) is 1. The highest BCUT2D eigenvalue weighted by Gasteiger charge is 2.26. The van der Waals surface area contributed by atoms with Crippen LogP contribution in [0.4, 0.5) is 0 Å². The molecule has 0 radical (unpaired) electrons. The van der Waals surface area contributed by atoms with Gasteiger partial charge in [0.25, 0.3) is 5.91 Å². The Balaban J connectivity index is 1.81. The fourth-order valence-corrected chi connectivity index (χ4v) is 3.42. The highest BCUT2D eigenvalue weighted by atomic mass is 32.1.